The Balaban J connectivity index is 0.00000342. The highest BCUT2D eigenvalue weighted by atomic mass is 35.5. The summed E-state index contributed by atoms with van der Waals surface area (Å²) in [6.45, 7) is 1.48. The van der Waals surface area contributed by atoms with E-state index in [4.69, 9.17) is 33.2 Å². The number of hydrogen-bond donors (Lipinski definition) is 1. The molecule has 1 aromatic heterocycles. The van der Waals surface area contributed by atoms with Gasteiger partial charge in [-0.1, -0.05) is 23.2 Å². The van der Waals surface area contributed by atoms with E-state index in [1.807, 2.05) is 5.38 Å². The van der Waals surface area contributed by atoms with Gasteiger partial charge in [-0.2, -0.15) is 9.57 Å². The SMILES string of the molecule is Cl.N#Cc1ccc(OCC2(CNCc3nccs3)CN(S(=O)(=O)c3ccc(Cl)cc3Cl)C2)cc1F. The van der Waals surface area contributed by atoms with Gasteiger partial charge in [0.15, 0.2) is 0 Å². The first-order chi connectivity index (χ1) is 16.2. The molecule has 2 aromatic carbocycles. The molecule has 0 aliphatic carbocycles. The van der Waals surface area contributed by atoms with Crippen molar-refractivity contribution in [3.63, 3.8) is 0 Å². The van der Waals surface area contributed by atoms with Crippen molar-refractivity contribution in [3.05, 3.63) is 74.4 Å². The molecule has 13 heteroatoms. The minimum Gasteiger partial charge on any atom is -0.493 e. The highest BCUT2D eigenvalue weighted by Gasteiger charge is 2.49. The van der Waals surface area contributed by atoms with E-state index < -0.39 is 21.3 Å². The highest BCUT2D eigenvalue weighted by Crippen LogP contribution is 2.37. The van der Waals surface area contributed by atoms with Crippen LogP contribution in [0, 0.1) is 22.6 Å². The molecule has 1 saturated heterocycles. The quantitative estimate of drug-likeness (QED) is 0.395. The number of sulfonamides is 1. The van der Waals surface area contributed by atoms with E-state index in [-0.39, 0.29) is 53.3 Å². The van der Waals surface area contributed by atoms with Crippen LogP contribution in [0.5, 0.6) is 5.75 Å². The molecule has 1 aliphatic heterocycles. The fraction of sp³-hybridized carbons (Fsp3) is 0.273. The largest absolute Gasteiger partial charge is 0.493 e. The number of thiazole rings is 1. The Morgan fingerprint density at radius 2 is 2.03 bits per heavy atom. The summed E-state index contributed by atoms with van der Waals surface area (Å²) in [6.07, 6.45) is 1.72. The van der Waals surface area contributed by atoms with Crippen molar-refractivity contribution in [2.45, 2.75) is 11.4 Å². The standard InChI is InChI=1S/C22H19Cl2FN4O3S2.ClH/c23-16-2-4-20(18(24)7-16)34(30,31)29-12-22(13-29,11-27-10-21-28-5-6-33-21)14-32-17-3-1-15(9-26)19(25)8-17;/h1-8,27H,10-14H2;1H. The Morgan fingerprint density at radius 3 is 2.66 bits per heavy atom. The monoisotopic (exact) mass is 576 g/mol. The second-order valence-electron chi connectivity index (χ2n) is 7.92. The molecule has 1 aliphatic rings. The molecule has 1 fully saturated rings. The first-order valence-corrected chi connectivity index (χ1v) is 13.2. The zero-order valence-corrected chi connectivity index (χ0v) is 22.0. The lowest BCUT2D eigenvalue weighted by molar-refractivity contribution is 0.0190. The van der Waals surface area contributed by atoms with Gasteiger partial charge in [-0.25, -0.2) is 17.8 Å². The normalized spacial score (nSPS) is 15.0. The minimum atomic E-state index is -3.83. The lowest BCUT2D eigenvalue weighted by atomic mass is 9.82. The van der Waals surface area contributed by atoms with E-state index in [0.717, 1.165) is 11.1 Å². The molecule has 0 radical (unpaired) electrons. The van der Waals surface area contributed by atoms with Crippen LogP contribution in [0.2, 0.25) is 10.0 Å². The van der Waals surface area contributed by atoms with E-state index in [0.29, 0.717) is 18.1 Å². The maximum Gasteiger partial charge on any atom is 0.244 e. The van der Waals surface area contributed by atoms with E-state index >= 15 is 0 Å². The van der Waals surface area contributed by atoms with Crippen molar-refractivity contribution in [1.82, 2.24) is 14.6 Å². The van der Waals surface area contributed by atoms with Gasteiger partial charge in [0.25, 0.3) is 0 Å². The fourth-order valence-corrected chi connectivity index (χ4v) is 6.64. The third kappa shape index (κ3) is 6.24. The summed E-state index contributed by atoms with van der Waals surface area (Å²) in [5.41, 5.74) is -0.638. The van der Waals surface area contributed by atoms with Gasteiger partial charge in [-0.15, -0.1) is 23.7 Å². The highest BCUT2D eigenvalue weighted by molar-refractivity contribution is 7.89. The lowest BCUT2D eigenvalue weighted by Gasteiger charge is -2.48. The Hall–Kier alpha value is -1.97. The average Bonchev–Trinajstić information content (AvgIpc) is 3.28. The number of rotatable bonds is 9. The van der Waals surface area contributed by atoms with Crippen molar-refractivity contribution < 1.29 is 17.5 Å². The van der Waals surface area contributed by atoms with Crippen molar-refractivity contribution in [2.24, 2.45) is 5.41 Å². The summed E-state index contributed by atoms with van der Waals surface area (Å²) in [5.74, 6) is -0.413. The van der Waals surface area contributed by atoms with Gasteiger partial charge in [0.2, 0.25) is 10.0 Å². The second kappa shape index (κ2) is 11.4. The van der Waals surface area contributed by atoms with E-state index in [1.165, 1.54) is 46.0 Å². The molecule has 7 nitrogen and oxygen atoms in total. The molecule has 3 aromatic rings. The van der Waals surface area contributed by atoms with Crippen LogP contribution in [0.4, 0.5) is 4.39 Å². The number of halogens is 4. The second-order valence-corrected chi connectivity index (χ2v) is 11.6. The van der Waals surface area contributed by atoms with Crippen LogP contribution in [0.15, 0.2) is 52.9 Å². The van der Waals surface area contributed by atoms with Crippen LogP contribution in [0.25, 0.3) is 0 Å². The number of nitrogens with zero attached hydrogens (tertiary/aromatic N) is 3. The molecule has 1 N–H and O–H groups in total. The predicted molar refractivity (Wildman–Crippen MR) is 135 cm³/mol. The number of nitriles is 1. The summed E-state index contributed by atoms with van der Waals surface area (Å²) < 4.78 is 47.4. The minimum absolute atomic E-state index is 0. The molecule has 35 heavy (non-hydrogen) atoms. The van der Waals surface area contributed by atoms with Crippen LogP contribution >= 0.6 is 46.9 Å². The third-order valence-electron chi connectivity index (χ3n) is 5.40. The molecular weight excluding hydrogens is 558 g/mol. The van der Waals surface area contributed by atoms with E-state index in [2.05, 4.69) is 10.3 Å². The Labute approximate surface area is 222 Å². The molecule has 2 heterocycles. The van der Waals surface area contributed by atoms with Crippen LogP contribution in [-0.4, -0.2) is 43.9 Å². The summed E-state index contributed by atoms with van der Waals surface area (Å²) in [6, 6.07) is 10.0. The lowest BCUT2D eigenvalue weighted by Crippen LogP contribution is -2.64. The Bertz CT molecular complexity index is 1330. The van der Waals surface area contributed by atoms with Crippen molar-refractivity contribution in [2.75, 3.05) is 26.2 Å². The average molecular weight is 578 g/mol. The third-order valence-corrected chi connectivity index (χ3v) is 8.69. The number of aromatic nitrogens is 1. The smallest absolute Gasteiger partial charge is 0.244 e. The molecule has 186 valence electrons. The number of nitrogens with one attached hydrogen (secondary N) is 1. The zero-order valence-electron chi connectivity index (χ0n) is 18.1. The molecule has 0 spiro atoms. The molecule has 0 amide bonds. The van der Waals surface area contributed by atoms with Crippen molar-refractivity contribution in [3.8, 4) is 11.8 Å². The van der Waals surface area contributed by atoms with Gasteiger partial charge in [-0.05, 0) is 30.3 Å². The maximum atomic E-state index is 14.0. The van der Waals surface area contributed by atoms with E-state index in [1.54, 1.807) is 12.3 Å². The Morgan fingerprint density at radius 1 is 1.26 bits per heavy atom. The number of benzene rings is 2. The molecule has 0 unspecified atom stereocenters. The molecular formula is C22H20Cl3FN4O3S2. The summed E-state index contributed by atoms with van der Waals surface area (Å²) >= 11 is 13.6. The van der Waals surface area contributed by atoms with Crippen molar-refractivity contribution in [1.29, 1.82) is 5.26 Å². The first-order valence-electron chi connectivity index (χ1n) is 10.1. The fourth-order valence-electron chi connectivity index (χ4n) is 3.64. The van der Waals surface area contributed by atoms with E-state index in [9.17, 15) is 12.8 Å². The predicted octanol–water partition coefficient (Wildman–Crippen LogP) is 4.74. The van der Waals surface area contributed by atoms with Crippen LogP contribution in [-0.2, 0) is 16.6 Å². The van der Waals surface area contributed by atoms with Gasteiger partial charge >= 0.3 is 0 Å². The first kappa shape index (κ1) is 27.6. The zero-order chi connectivity index (χ0) is 24.3. The topological polar surface area (TPSA) is 95.3 Å². The van der Waals surface area contributed by atoms with Crippen molar-refractivity contribution >= 4 is 57.0 Å². The molecule has 4 rings (SSSR count). The molecule has 0 atom stereocenters. The molecule has 0 saturated carbocycles. The van der Waals surface area contributed by atoms with Crippen LogP contribution in [0.3, 0.4) is 0 Å². The maximum absolute atomic E-state index is 14.0. The Kier molecular flexibility index (Phi) is 8.99. The van der Waals surface area contributed by atoms with Gasteiger partial charge in [-0.3, -0.25) is 0 Å². The molecule has 0 bridgehead atoms. The summed E-state index contributed by atoms with van der Waals surface area (Å²) in [5, 5.41) is 15.4. The van der Waals surface area contributed by atoms with Gasteiger partial charge in [0, 0.05) is 54.3 Å². The van der Waals surface area contributed by atoms with Crippen LogP contribution < -0.4 is 10.1 Å². The number of ether oxygens (including phenoxy) is 1. The van der Waals surface area contributed by atoms with Gasteiger partial charge in [0.05, 0.1) is 17.2 Å². The van der Waals surface area contributed by atoms with Crippen LogP contribution in [0.1, 0.15) is 10.6 Å². The van der Waals surface area contributed by atoms with Gasteiger partial charge < -0.3 is 10.1 Å². The summed E-state index contributed by atoms with van der Waals surface area (Å²) in [4.78, 5) is 4.22. The number of hydrogen-bond acceptors (Lipinski definition) is 7. The van der Waals surface area contributed by atoms with Gasteiger partial charge in [0.1, 0.15) is 27.5 Å². The summed E-state index contributed by atoms with van der Waals surface area (Å²) in [7, 11) is -3.83.